The first kappa shape index (κ1) is 23.4. The van der Waals surface area contributed by atoms with E-state index in [4.69, 9.17) is 4.74 Å². The van der Waals surface area contributed by atoms with E-state index in [1.54, 1.807) is 0 Å². The first-order chi connectivity index (χ1) is 15.6. The second-order valence-corrected chi connectivity index (χ2v) is 7.46. The maximum absolute atomic E-state index is 13.7. The highest BCUT2D eigenvalue weighted by Gasteiger charge is 2.36. The molecular weight excluding hydrogens is 428 g/mol. The van der Waals surface area contributed by atoms with Crippen molar-refractivity contribution in [1.82, 2.24) is 0 Å². The maximum atomic E-state index is 13.7. The number of hydrogen-bond donors (Lipinski definition) is 1. The van der Waals surface area contributed by atoms with Gasteiger partial charge in [0.1, 0.15) is 11.4 Å². The van der Waals surface area contributed by atoms with Gasteiger partial charge in [0.05, 0.1) is 11.7 Å². The summed E-state index contributed by atoms with van der Waals surface area (Å²) in [6, 6.07) is 4.46. The number of benzene rings is 2. The summed E-state index contributed by atoms with van der Waals surface area (Å²) in [5.74, 6) is -2.54. The number of hydrogen-bond acceptors (Lipinski definition) is 9. The van der Waals surface area contributed by atoms with Crippen molar-refractivity contribution in [3.8, 4) is 5.75 Å². The predicted molar refractivity (Wildman–Crippen MR) is 116 cm³/mol. The molecule has 0 saturated carbocycles. The van der Waals surface area contributed by atoms with Crippen LogP contribution in [-0.2, 0) is 20.8 Å². The van der Waals surface area contributed by atoms with E-state index >= 15 is 0 Å². The van der Waals surface area contributed by atoms with E-state index < -0.39 is 29.4 Å². The number of aliphatic hydroxyl groups excluding tert-OH is 1. The molecule has 3 rings (SSSR count). The van der Waals surface area contributed by atoms with E-state index in [0.717, 1.165) is 0 Å². The van der Waals surface area contributed by atoms with Crippen molar-refractivity contribution in [3.63, 3.8) is 0 Å². The molecule has 0 fully saturated rings. The number of nitrogens with zero attached hydrogens (tertiary/aromatic N) is 2. The van der Waals surface area contributed by atoms with Gasteiger partial charge in [-0.15, -0.1) is 0 Å². The summed E-state index contributed by atoms with van der Waals surface area (Å²) in [6.45, 7) is 7.81. The highest BCUT2D eigenvalue weighted by molar-refractivity contribution is 6.22. The quantitative estimate of drug-likeness (QED) is 0.244. The molecule has 9 heteroatoms. The Bertz CT molecular complexity index is 1340. The summed E-state index contributed by atoms with van der Waals surface area (Å²) in [5.41, 5.74) is -0.159. The molecular formula is C24H18N2O7. The van der Waals surface area contributed by atoms with Crippen molar-refractivity contribution < 1.29 is 33.8 Å². The zero-order valence-electron chi connectivity index (χ0n) is 18.0. The van der Waals surface area contributed by atoms with Gasteiger partial charge in [0.2, 0.25) is 12.2 Å². The van der Waals surface area contributed by atoms with Crippen LogP contribution in [0, 0.1) is 6.92 Å². The molecule has 1 aliphatic rings. The molecule has 0 aliphatic heterocycles. The Labute approximate surface area is 188 Å². The Balaban J connectivity index is 2.51. The van der Waals surface area contributed by atoms with E-state index in [9.17, 15) is 29.1 Å². The number of ketones is 2. The van der Waals surface area contributed by atoms with Crippen molar-refractivity contribution in [2.75, 3.05) is 0 Å². The van der Waals surface area contributed by atoms with Gasteiger partial charge in [0, 0.05) is 23.1 Å². The van der Waals surface area contributed by atoms with Crippen LogP contribution in [0.15, 0.2) is 40.3 Å². The van der Waals surface area contributed by atoms with Crippen molar-refractivity contribution in [1.29, 1.82) is 0 Å². The van der Waals surface area contributed by atoms with Gasteiger partial charge in [0.25, 0.3) is 0 Å². The smallest absolute Gasteiger partial charge is 0.338 e. The summed E-state index contributed by atoms with van der Waals surface area (Å²) in [6.07, 6.45) is 1.28. The molecule has 0 aromatic heterocycles. The third-order valence-corrected chi connectivity index (χ3v) is 5.27. The molecule has 1 aliphatic carbocycles. The normalized spacial score (nSPS) is 13.0. The molecule has 33 heavy (non-hydrogen) atoms. The van der Waals surface area contributed by atoms with Gasteiger partial charge >= 0.3 is 5.97 Å². The van der Waals surface area contributed by atoms with Crippen LogP contribution in [0.2, 0.25) is 0 Å². The molecule has 0 radical (unpaired) electrons. The number of aliphatic hydroxyl groups is 1. The molecule has 0 saturated heterocycles. The van der Waals surface area contributed by atoms with Gasteiger partial charge in [-0.3, -0.25) is 9.59 Å². The third-order valence-electron chi connectivity index (χ3n) is 5.27. The van der Waals surface area contributed by atoms with E-state index in [1.807, 2.05) is 0 Å². The number of carbonyl (C=O) groups is 3. The number of aliphatic imine (C=N–C) groups is 2. The van der Waals surface area contributed by atoms with E-state index in [1.165, 1.54) is 51.1 Å². The van der Waals surface area contributed by atoms with Crippen LogP contribution >= 0.6 is 0 Å². The Morgan fingerprint density at radius 3 is 2.36 bits per heavy atom. The molecule has 2 aromatic carbocycles. The average Bonchev–Trinajstić information content (AvgIpc) is 2.88. The first-order valence-electron chi connectivity index (χ1n) is 9.75. The summed E-state index contributed by atoms with van der Waals surface area (Å²) in [4.78, 5) is 68.6. The number of rotatable bonds is 5. The summed E-state index contributed by atoms with van der Waals surface area (Å²) in [7, 11) is 0. The summed E-state index contributed by atoms with van der Waals surface area (Å²) in [5, 5.41) is 10.2. The number of ether oxygens (including phenoxy) is 1. The lowest BCUT2D eigenvalue weighted by atomic mass is 9.91. The van der Waals surface area contributed by atoms with Crippen LogP contribution in [0.25, 0.3) is 0 Å². The predicted octanol–water partition coefficient (Wildman–Crippen LogP) is 3.43. The van der Waals surface area contributed by atoms with Gasteiger partial charge in [-0.1, -0.05) is 24.8 Å². The molecule has 2 aromatic rings. The van der Waals surface area contributed by atoms with Crippen LogP contribution in [0.1, 0.15) is 62.9 Å². The lowest BCUT2D eigenvalue weighted by molar-refractivity contribution is -0.130. The van der Waals surface area contributed by atoms with Crippen LogP contribution in [-0.4, -0.2) is 34.8 Å². The minimum absolute atomic E-state index is 0.0141. The van der Waals surface area contributed by atoms with Crippen molar-refractivity contribution >= 4 is 41.1 Å². The van der Waals surface area contributed by atoms with Gasteiger partial charge < -0.3 is 9.84 Å². The fourth-order valence-electron chi connectivity index (χ4n) is 3.75. The highest BCUT2D eigenvalue weighted by Crippen LogP contribution is 2.48. The average molecular weight is 446 g/mol. The van der Waals surface area contributed by atoms with Crippen LogP contribution < -0.4 is 4.74 Å². The third kappa shape index (κ3) is 4.00. The fraction of sp³-hybridized carbons (Fsp3) is 0.208. The van der Waals surface area contributed by atoms with Gasteiger partial charge in [-0.25, -0.2) is 14.4 Å². The van der Waals surface area contributed by atoms with Crippen molar-refractivity contribution in [2.24, 2.45) is 9.98 Å². The largest absolute Gasteiger partial charge is 0.420 e. The highest BCUT2D eigenvalue weighted by atomic mass is 16.5. The number of isocyanates is 2. The number of esters is 1. The van der Waals surface area contributed by atoms with Gasteiger partial charge in [0.15, 0.2) is 17.3 Å². The molecule has 0 heterocycles. The van der Waals surface area contributed by atoms with Crippen LogP contribution in [0.4, 0.5) is 11.4 Å². The lowest BCUT2D eigenvalue weighted by Crippen LogP contribution is -2.15. The minimum atomic E-state index is -1.04. The van der Waals surface area contributed by atoms with E-state index in [-0.39, 0.29) is 56.7 Å². The van der Waals surface area contributed by atoms with E-state index in [0.29, 0.717) is 0 Å². The standard InChI is InChI=1S/C24H18N2O7/c1-11(2)24(32)33-23-19-16(12(3)20(25-9-27)21(23)26-10-28)8-17(30)18-14(13(4)29)6-5-7-15(18)22(19)31/h5-7,13,29H,1,8H2,2-4H3. The zero-order valence-corrected chi connectivity index (χ0v) is 18.0. The lowest BCUT2D eigenvalue weighted by Gasteiger charge is -2.18. The monoisotopic (exact) mass is 446 g/mol. The van der Waals surface area contributed by atoms with Crippen LogP contribution in [0.3, 0.4) is 0 Å². The molecule has 0 spiro atoms. The summed E-state index contributed by atoms with van der Waals surface area (Å²) < 4.78 is 5.37. The van der Waals surface area contributed by atoms with Crippen LogP contribution in [0.5, 0.6) is 5.75 Å². The molecule has 1 N–H and O–H groups in total. The molecule has 1 atom stereocenters. The zero-order chi connectivity index (χ0) is 24.4. The SMILES string of the molecule is C=C(C)C(=O)Oc1c(N=C=O)c(N=C=O)c(C)c2c1C(=O)c1cccc(C(C)O)c1C(=O)C2. The topological polar surface area (TPSA) is 140 Å². The molecule has 1 unspecified atom stereocenters. The Morgan fingerprint density at radius 1 is 1.15 bits per heavy atom. The number of carbonyl (C=O) groups excluding carboxylic acids is 5. The van der Waals surface area contributed by atoms with E-state index in [2.05, 4.69) is 16.6 Å². The van der Waals surface area contributed by atoms with Crippen molar-refractivity contribution in [3.05, 3.63) is 63.7 Å². The minimum Gasteiger partial charge on any atom is -0.420 e. The maximum Gasteiger partial charge on any atom is 0.338 e. The second kappa shape index (κ2) is 9.06. The number of Topliss-reactive ketones (excluding diaryl/α,β-unsaturated/α-hetero) is 1. The molecule has 0 amide bonds. The first-order valence-corrected chi connectivity index (χ1v) is 9.75. The molecule has 0 bridgehead atoms. The Kier molecular flexibility index (Phi) is 6.42. The summed E-state index contributed by atoms with van der Waals surface area (Å²) >= 11 is 0. The van der Waals surface area contributed by atoms with Crippen molar-refractivity contribution in [2.45, 2.75) is 33.3 Å². The molecule has 166 valence electrons. The number of fused-ring (bicyclic) bond motifs is 2. The molecule has 9 nitrogen and oxygen atoms in total. The van der Waals surface area contributed by atoms with Gasteiger partial charge in [-0.2, -0.15) is 9.98 Å². The Morgan fingerprint density at radius 2 is 1.79 bits per heavy atom. The van der Waals surface area contributed by atoms with Gasteiger partial charge in [-0.05, 0) is 37.5 Å². The second-order valence-electron chi connectivity index (χ2n) is 7.46. The Hall–Kier alpha value is -4.29. The fourth-order valence-corrected chi connectivity index (χ4v) is 3.75.